The Balaban J connectivity index is 1.53. The predicted octanol–water partition coefficient (Wildman–Crippen LogP) is 4.46. The molecule has 0 bridgehead atoms. The molecule has 0 spiro atoms. The zero-order valence-corrected chi connectivity index (χ0v) is 17.3. The smallest absolute Gasteiger partial charge is 0.261 e. The van der Waals surface area contributed by atoms with Crippen molar-refractivity contribution in [2.24, 2.45) is 0 Å². The van der Waals surface area contributed by atoms with E-state index < -0.39 is 11.8 Å². The van der Waals surface area contributed by atoms with Crippen molar-refractivity contribution in [3.05, 3.63) is 46.5 Å². The zero-order chi connectivity index (χ0) is 21.3. The van der Waals surface area contributed by atoms with Crippen LogP contribution in [0.5, 0.6) is 0 Å². The number of carbonyl (C=O) groups is 4. The number of amides is 4. The van der Waals surface area contributed by atoms with Gasteiger partial charge in [0.05, 0.1) is 0 Å². The van der Waals surface area contributed by atoms with E-state index in [2.05, 4.69) is 12.2 Å². The second-order valence-corrected chi connectivity index (χ2v) is 8.09. The van der Waals surface area contributed by atoms with E-state index >= 15 is 0 Å². The van der Waals surface area contributed by atoms with Gasteiger partial charge in [-0.3, -0.25) is 29.4 Å². The van der Waals surface area contributed by atoms with Gasteiger partial charge in [0.25, 0.3) is 23.6 Å². The highest BCUT2D eigenvalue weighted by Crippen LogP contribution is 2.36. The van der Waals surface area contributed by atoms with Crippen LogP contribution in [0.25, 0.3) is 10.8 Å². The third-order valence-corrected chi connectivity index (χ3v) is 6.06. The second kappa shape index (κ2) is 8.38. The summed E-state index contributed by atoms with van der Waals surface area (Å²) in [5.74, 6) is -1.70. The first-order chi connectivity index (χ1) is 14.5. The van der Waals surface area contributed by atoms with Crippen LogP contribution >= 0.6 is 0 Å². The maximum absolute atomic E-state index is 13.1. The lowest BCUT2D eigenvalue weighted by molar-refractivity contribution is 0.0606. The maximum atomic E-state index is 13.1. The molecule has 1 N–H and O–H groups in total. The average molecular weight is 406 g/mol. The van der Waals surface area contributed by atoms with Gasteiger partial charge in [-0.2, -0.15) is 0 Å². The Morgan fingerprint density at radius 3 is 1.60 bits per heavy atom. The lowest BCUT2D eigenvalue weighted by atomic mass is 9.86. The predicted molar refractivity (Wildman–Crippen MR) is 114 cm³/mol. The van der Waals surface area contributed by atoms with Crippen molar-refractivity contribution in [2.75, 3.05) is 6.54 Å². The first kappa shape index (κ1) is 20.3. The molecule has 0 saturated heterocycles. The summed E-state index contributed by atoms with van der Waals surface area (Å²) in [5, 5.41) is 3.13. The molecule has 30 heavy (non-hydrogen) atoms. The molecular weight excluding hydrogens is 380 g/mol. The van der Waals surface area contributed by atoms with E-state index in [1.807, 2.05) is 0 Å². The Labute approximate surface area is 175 Å². The molecule has 2 heterocycles. The number of benzene rings is 2. The standard InChI is InChI=1S/C24H26N2O4/c1-2-3-4-5-6-7-8-9-14-26-23(29)17-12-10-15-19-16(22(28)25-21(15)27)11-13-18(20(17)19)24(26)30/h10-13H,2-9,14H2,1H3,(H,25,27,28). The van der Waals surface area contributed by atoms with Gasteiger partial charge in [0.15, 0.2) is 0 Å². The van der Waals surface area contributed by atoms with E-state index in [9.17, 15) is 19.2 Å². The van der Waals surface area contributed by atoms with Gasteiger partial charge in [-0.25, -0.2) is 0 Å². The summed E-state index contributed by atoms with van der Waals surface area (Å²) < 4.78 is 0. The number of carbonyl (C=O) groups excluding carboxylic acids is 4. The lowest BCUT2D eigenvalue weighted by Gasteiger charge is -2.29. The highest BCUT2D eigenvalue weighted by molar-refractivity contribution is 6.33. The van der Waals surface area contributed by atoms with Gasteiger partial charge in [0.1, 0.15) is 0 Å². The van der Waals surface area contributed by atoms with Crippen LogP contribution in [0.3, 0.4) is 0 Å². The quantitative estimate of drug-likeness (QED) is 0.492. The van der Waals surface area contributed by atoms with Crippen molar-refractivity contribution in [2.45, 2.75) is 58.3 Å². The van der Waals surface area contributed by atoms with Gasteiger partial charge in [-0.15, -0.1) is 0 Å². The second-order valence-electron chi connectivity index (χ2n) is 8.09. The molecule has 2 aromatic rings. The molecule has 0 unspecified atom stereocenters. The summed E-state index contributed by atoms with van der Waals surface area (Å²) in [6.07, 6.45) is 9.07. The third-order valence-electron chi connectivity index (χ3n) is 6.06. The molecule has 156 valence electrons. The van der Waals surface area contributed by atoms with Crippen molar-refractivity contribution in [3.8, 4) is 0 Å². The van der Waals surface area contributed by atoms with Crippen molar-refractivity contribution in [3.63, 3.8) is 0 Å². The molecule has 4 rings (SSSR count). The van der Waals surface area contributed by atoms with Crippen LogP contribution in [0.1, 0.15) is 99.7 Å². The molecule has 4 amide bonds. The normalized spacial score (nSPS) is 15.2. The van der Waals surface area contributed by atoms with Crippen LogP contribution in [0.2, 0.25) is 0 Å². The molecule has 0 aromatic heterocycles. The molecule has 0 atom stereocenters. The molecule has 6 heteroatoms. The molecule has 0 radical (unpaired) electrons. The molecule has 6 nitrogen and oxygen atoms in total. The van der Waals surface area contributed by atoms with Crippen LogP contribution in [0.15, 0.2) is 24.3 Å². The summed E-state index contributed by atoms with van der Waals surface area (Å²) in [6, 6.07) is 6.31. The van der Waals surface area contributed by atoms with E-state index in [1.165, 1.54) is 37.0 Å². The fraction of sp³-hybridized carbons (Fsp3) is 0.417. The minimum absolute atomic E-state index is 0.322. The van der Waals surface area contributed by atoms with Crippen LogP contribution in [-0.4, -0.2) is 35.1 Å². The Morgan fingerprint density at radius 1 is 0.633 bits per heavy atom. The number of rotatable bonds is 9. The number of nitrogens with zero attached hydrogens (tertiary/aromatic N) is 1. The largest absolute Gasteiger partial charge is 0.288 e. The zero-order valence-electron chi connectivity index (χ0n) is 17.3. The van der Waals surface area contributed by atoms with Gasteiger partial charge in [-0.05, 0) is 30.7 Å². The van der Waals surface area contributed by atoms with E-state index in [4.69, 9.17) is 0 Å². The van der Waals surface area contributed by atoms with E-state index in [0.29, 0.717) is 39.6 Å². The van der Waals surface area contributed by atoms with Crippen molar-refractivity contribution in [1.29, 1.82) is 0 Å². The molecule has 2 aliphatic heterocycles. The number of imide groups is 2. The van der Waals surface area contributed by atoms with Crippen molar-refractivity contribution >= 4 is 34.4 Å². The lowest BCUT2D eigenvalue weighted by Crippen LogP contribution is -2.42. The minimum atomic E-state index is -0.502. The Morgan fingerprint density at radius 2 is 1.07 bits per heavy atom. The number of unbranched alkanes of at least 4 members (excludes halogenated alkanes) is 7. The first-order valence-corrected chi connectivity index (χ1v) is 10.9. The van der Waals surface area contributed by atoms with E-state index in [0.717, 1.165) is 19.3 Å². The van der Waals surface area contributed by atoms with Crippen LogP contribution in [0, 0.1) is 0 Å². The first-order valence-electron chi connectivity index (χ1n) is 10.9. The Bertz CT molecular complexity index is 988. The fourth-order valence-electron chi connectivity index (χ4n) is 4.46. The van der Waals surface area contributed by atoms with Crippen molar-refractivity contribution < 1.29 is 19.2 Å². The molecule has 0 aliphatic carbocycles. The fourth-order valence-corrected chi connectivity index (χ4v) is 4.46. The topological polar surface area (TPSA) is 83.6 Å². The van der Waals surface area contributed by atoms with Gasteiger partial charge < -0.3 is 0 Å². The van der Waals surface area contributed by atoms with E-state index in [-0.39, 0.29) is 11.8 Å². The van der Waals surface area contributed by atoms with Crippen LogP contribution < -0.4 is 5.32 Å². The molecule has 0 saturated carbocycles. The van der Waals surface area contributed by atoms with Gasteiger partial charge in [0.2, 0.25) is 0 Å². The Hall–Kier alpha value is -3.02. The van der Waals surface area contributed by atoms with Gasteiger partial charge in [-0.1, -0.05) is 51.9 Å². The highest BCUT2D eigenvalue weighted by Gasteiger charge is 2.36. The highest BCUT2D eigenvalue weighted by atomic mass is 16.2. The van der Waals surface area contributed by atoms with Crippen molar-refractivity contribution in [1.82, 2.24) is 10.2 Å². The monoisotopic (exact) mass is 406 g/mol. The summed E-state index contributed by atoms with van der Waals surface area (Å²) in [5.41, 5.74) is 1.41. The Kier molecular flexibility index (Phi) is 5.66. The minimum Gasteiger partial charge on any atom is -0.288 e. The molecular formula is C24H26N2O4. The third kappa shape index (κ3) is 3.40. The van der Waals surface area contributed by atoms with Crippen LogP contribution in [-0.2, 0) is 0 Å². The number of nitrogens with one attached hydrogen (secondary N) is 1. The molecule has 2 aliphatic rings. The summed E-state index contributed by atoms with van der Waals surface area (Å²) in [6.45, 7) is 2.59. The number of hydrogen-bond acceptors (Lipinski definition) is 4. The van der Waals surface area contributed by atoms with Gasteiger partial charge >= 0.3 is 0 Å². The van der Waals surface area contributed by atoms with E-state index in [1.54, 1.807) is 24.3 Å². The molecule has 0 fully saturated rings. The average Bonchev–Trinajstić information content (AvgIpc) is 2.74. The SMILES string of the molecule is CCCCCCCCCCN1C(=O)c2ccc3c4c(ccc(c24)C1=O)C(=O)NC3=O. The maximum Gasteiger partial charge on any atom is 0.261 e. The van der Waals surface area contributed by atoms with Gasteiger partial charge in [0, 0.05) is 39.6 Å². The summed E-state index contributed by atoms with van der Waals surface area (Å²) >= 11 is 0. The number of hydrogen-bond donors (Lipinski definition) is 1. The summed E-state index contributed by atoms with van der Waals surface area (Å²) in [4.78, 5) is 51.9. The van der Waals surface area contributed by atoms with Crippen LogP contribution in [0.4, 0.5) is 0 Å². The molecule has 2 aromatic carbocycles. The summed E-state index contributed by atoms with van der Waals surface area (Å²) in [7, 11) is 0.